The van der Waals surface area contributed by atoms with E-state index in [0.717, 1.165) is 17.1 Å². The Morgan fingerprint density at radius 3 is 2.61 bits per heavy atom. The largest absolute Gasteiger partial charge is 0.454 e. The van der Waals surface area contributed by atoms with Gasteiger partial charge in [0.25, 0.3) is 0 Å². The summed E-state index contributed by atoms with van der Waals surface area (Å²) in [5.74, 6) is 1.60. The number of ether oxygens (including phenoxy) is 2. The summed E-state index contributed by atoms with van der Waals surface area (Å²) in [7, 11) is 0. The summed E-state index contributed by atoms with van der Waals surface area (Å²) in [6, 6.07) is 6.38. The van der Waals surface area contributed by atoms with Crippen molar-refractivity contribution >= 4 is 17.3 Å². The first-order valence-electron chi connectivity index (χ1n) is 6.03. The lowest BCUT2D eigenvalue weighted by atomic mass is 10.1. The molecule has 18 heavy (non-hydrogen) atoms. The monoisotopic (exact) mass is 266 g/mol. The van der Waals surface area contributed by atoms with Crippen LogP contribution in [0.4, 0.5) is 0 Å². The summed E-state index contributed by atoms with van der Waals surface area (Å²) in [4.78, 5) is 0. The van der Waals surface area contributed by atoms with Crippen LogP contribution in [-0.2, 0) is 0 Å². The van der Waals surface area contributed by atoms with Crippen LogP contribution in [0, 0.1) is 0 Å². The van der Waals surface area contributed by atoms with E-state index in [1.807, 2.05) is 18.2 Å². The molecule has 1 aromatic rings. The van der Waals surface area contributed by atoms with E-state index in [-0.39, 0.29) is 6.04 Å². The highest BCUT2D eigenvalue weighted by molar-refractivity contribution is 7.80. The number of hydrogen-bond donors (Lipinski definition) is 2. The molecule has 0 fully saturated rings. The molecular weight excluding hydrogens is 248 g/mol. The van der Waals surface area contributed by atoms with Gasteiger partial charge in [0, 0.05) is 6.04 Å². The molecule has 0 radical (unpaired) electrons. The van der Waals surface area contributed by atoms with E-state index in [9.17, 15) is 0 Å². The summed E-state index contributed by atoms with van der Waals surface area (Å²) in [6.45, 7) is 6.47. The van der Waals surface area contributed by atoms with E-state index in [2.05, 4.69) is 31.4 Å². The Labute approximate surface area is 113 Å². The molecule has 2 N–H and O–H groups in total. The molecule has 0 amide bonds. The molecule has 0 saturated heterocycles. The summed E-state index contributed by atoms with van der Waals surface area (Å²) in [6.07, 6.45) is 0. The van der Waals surface area contributed by atoms with Crippen LogP contribution in [0.2, 0.25) is 0 Å². The quantitative estimate of drug-likeness (QED) is 0.822. The van der Waals surface area contributed by atoms with Crippen LogP contribution in [0.1, 0.15) is 32.4 Å². The van der Waals surface area contributed by atoms with Crippen LogP contribution in [0.25, 0.3) is 0 Å². The molecule has 0 aromatic heterocycles. The standard InChI is InChI=1S/C13H18N2O2S/c1-8(2)14-13(18)15-9(3)10-4-5-11-12(6-10)17-7-16-11/h4-6,8-9H,7H2,1-3H3,(H2,14,15,18)/t9-/m0/s1. The van der Waals surface area contributed by atoms with Gasteiger partial charge >= 0.3 is 0 Å². The zero-order valence-corrected chi connectivity index (χ0v) is 11.6. The van der Waals surface area contributed by atoms with E-state index in [1.165, 1.54) is 0 Å². The fourth-order valence-corrected chi connectivity index (χ4v) is 2.18. The van der Waals surface area contributed by atoms with Crippen molar-refractivity contribution < 1.29 is 9.47 Å². The lowest BCUT2D eigenvalue weighted by molar-refractivity contribution is 0.174. The van der Waals surface area contributed by atoms with E-state index in [4.69, 9.17) is 21.7 Å². The van der Waals surface area contributed by atoms with Gasteiger partial charge in [-0.05, 0) is 50.7 Å². The average molecular weight is 266 g/mol. The predicted octanol–water partition coefficient (Wildman–Crippen LogP) is 2.35. The van der Waals surface area contributed by atoms with Gasteiger partial charge in [0.05, 0.1) is 6.04 Å². The lowest BCUT2D eigenvalue weighted by Gasteiger charge is -2.19. The van der Waals surface area contributed by atoms with Gasteiger partial charge < -0.3 is 20.1 Å². The molecule has 4 nitrogen and oxygen atoms in total. The van der Waals surface area contributed by atoms with Gasteiger partial charge in [0.15, 0.2) is 16.6 Å². The fourth-order valence-electron chi connectivity index (χ4n) is 1.77. The molecular formula is C13H18N2O2S. The number of rotatable bonds is 3. The average Bonchev–Trinajstić information content (AvgIpc) is 2.74. The van der Waals surface area contributed by atoms with E-state index in [1.54, 1.807) is 0 Å². The van der Waals surface area contributed by atoms with Crippen LogP contribution in [-0.4, -0.2) is 17.9 Å². The minimum Gasteiger partial charge on any atom is -0.454 e. The first kappa shape index (κ1) is 13.0. The minimum absolute atomic E-state index is 0.123. The molecule has 1 atom stereocenters. The maximum atomic E-state index is 5.36. The maximum Gasteiger partial charge on any atom is 0.231 e. The van der Waals surface area contributed by atoms with Crippen LogP contribution >= 0.6 is 12.2 Å². The zero-order chi connectivity index (χ0) is 13.1. The van der Waals surface area contributed by atoms with Crippen LogP contribution in [0.3, 0.4) is 0 Å². The second kappa shape index (κ2) is 5.44. The van der Waals surface area contributed by atoms with Crippen molar-refractivity contribution in [1.29, 1.82) is 0 Å². The van der Waals surface area contributed by atoms with Crippen molar-refractivity contribution in [3.8, 4) is 11.5 Å². The molecule has 1 aliphatic rings. The third-order valence-electron chi connectivity index (χ3n) is 2.66. The number of benzene rings is 1. The predicted molar refractivity (Wildman–Crippen MR) is 75.0 cm³/mol. The molecule has 2 rings (SSSR count). The Kier molecular flexibility index (Phi) is 3.91. The molecule has 0 saturated carbocycles. The number of hydrogen-bond acceptors (Lipinski definition) is 3. The second-order valence-corrected chi connectivity index (χ2v) is 5.02. The third kappa shape index (κ3) is 3.04. The minimum atomic E-state index is 0.123. The zero-order valence-electron chi connectivity index (χ0n) is 10.8. The van der Waals surface area contributed by atoms with Crippen molar-refractivity contribution in [2.45, 2.75) is 32.9 Å². The molecule has 0 aliphatic carbocycles. The van der Waals surface area contributed by atoms with Gasteiger partial charge in [0.1, 0.15) is 0 Å². The van der Waals surface area contributed by atoms with Crippen molar-refractivity contribution in [1.82, 2.24) is 10.6 Å². The van der Waals surface area contributed by atoms with Crippen molar-refractivity contribution in [3.05, 3.63) is 23.8 Å². The second-order valence-electron chi connectivity index (χ2n) is 4.61. The normalized spacial score (nSPS) is 14.4. The summed E-state index contributed by atoms with van der Waals surface area (Å²) in [5.41, 5.74) is 1.12. The number of fused-ring (bicyclic) bond motifs is 1. The highest BCUT2D eigenvalue weighted by Gasteiger charge is 2.16. The molecule has 98 valence electrons. The summed E-state index contributed by atoms with van der Waals surface area (Å²) < 4.78 is 10.6. The smallest absolute Gasteiger partial charge is 0.231 e. The van der Waals surface area contributed by atoms with Gasteiger partial charge in [-0.3, -0.25) is 0 Å². The Bertz CT molecular complexity index is 449. The van der Waals surface area contributed by atoms with Crippen LogP contribution in [0.5, 0.6) is 11.5 Å². The topological polar surface area (TPSA) is 42.5 Å². The first-order chi connectivity index (χ1) is 8.56. The van der Waals surface area contributed by atoms with E-state index < -0.39 is 0 Å². The van der Waals surface area contributed by atoms with E-state index in [0.29, 0.717) is 17.9 Å². The maximum absolute atomic E-state index is 5.36. The Morgan fingerprint density at radius 1 is 1.17 bits per heavy atom. The Morgan fingerprint density at radius 2 is 1.89 bits per heavy atom. The van der Waals surface area contributed by atoms with Gasteiger partial charge in [-0.25, -0.2) is 0 Å². The lowest BCUT2D eigenvalue weighted by Crippen LogP contribution is -2.40. The molecule has 1 aliphatic heterocycles. The summed E-state index contributed by atoms with van der Waals surface area (Å²) >= 11 is 5.23. The molecule has 0 unspecified atom stereocenters. The molecule has 1 aromatic carbocycles. The Hall–Kier alpha value is -1.49. The first-order valence-corrected chi connectivity index (χ1v) is 6.43. The summed E-state index contributed by atoms with van der Waals surface area (Å²) in [5, 5.41) is 7.06. The number of nitrogens with one attached hydrogen (secondary N) is 2. The van der Waals surface area contributed by atoms with E-state index >= 15 is 0 Å². The van der Waals surface area contributed by atoms with Crippen LogP contribution in [0.15, 0.2) is 18.2 Å². The van der Waals surface area contributed by atoms with Crippen molar-refractivity contribution in [2.24, 2.45) is 0 Å². The van der Waals surface area contributed by atoms with Gasteiger partial charge in [-0.1, -0.05) is 6.07 Å². The van der Waals surface area contributed by atoms with Crippen LogP contribution < -0.4 is 20.1 Å². The third-order valence-corrected chi connectivity index (χ3v) is 2.90. The fraction of sp³-hybridized carbons (Fsp3) is 0.462. The Balaban J connectivity index is 2.00. The van der Waals surface area contributed by atoms with Crippen molar-refractivity contribution in [3.63, 3.8) is 0 Å². The van der Waals surface area contributed by atoms with Crippen molar-refractivity contribution in [2.75, 3.05) is 6.79 Å². The highest BCUT2D eigenvalue weighted by atomic mass is 32.1. The molecule has 0 spiro atoms. The molecule has 1 heterocycles. The van der Waals surface area contributed by atoms with Gasteiger partial charge in [-0.2, -0.15) is 0 Å². The molecule has 0 bridgehead atoms. The number of thiocarbonyl (C=S) groups is 1. The molecule has 5 heteroatoms. The van der Waals surface area contributed by atoms with Gasteiger partial charge in [0.2, 0.25) is 6.79 Å². The highest BCUT2D eigenvalue weighted by Crippen LogP contribution is 2.34. The van der Waals surface area contributed by atoms with Gasteiger partial charge in [-0.15, -0.1) is 0 Å². The SMILES string of the molecule is CC(C)NC(=S)N[C@@H](C)c1ccc2c(c1)OCO2.